The van der Waals surface area contributed by atoms with Gasteiger partial charge in [-0.05, 0) is 25.7 Å². The molecule has 1 saturated heterocycles. The van der Waals surface area contributed by atoms with Crippen molar-refractivity contribution in [2.75, 3.05) is 19.6 Å². The topological polar surface area (TPSA) is 58.4 Å². The van der Waals surface area contributed by atoms with Gasteiger partial charge in [0.05, 0.1) is 0 Å². The fourth-order valence-corrected chi connectivity index (χ4v) is 3.31. The van der Waals surface area contributed by atoms with E-state index in [1.807, 2.05) is 6.92 Å². The molecule has 4 nitrogen and oxygen atoms in total. The van der Waals surface area contributed by atoms with E-state index in [1.165, 1.54) is 32.1 Å². The maximum atomic E-state index is 11.8. The van der Waals surface area contributed by atoms with Crippen LogP contribution in [0.2, 0.25) is 0 Å². The number of halogens is 2. The summed E-state index contributed by atoms with van der Waals surface area (Å²) in [5.74, 6) is 0.0648. The average Bonchev–Trinajstić information content (AvgIpc) is 2.48. The summed E-state index contributed by atoms with van der Waals surface area (Å²) in [5, 5.41) is 3.15. The standard InChI is InChI=1S/C15H29N3O.2ClH/c1-12(11-16)15(19)17-13-7-9-18(10-8-13)14-5-3-2-4-6-14;;/h12-14H,2-11,16H2,1H3,(H,17,19);2*1H. The van der Waals surface area contributed by atoms with E-state index in [-0.39, 0.29) is 36.6 Å². The molecule has 1 saturated carbocycles. The third-order valence-electron chi connectivity index (χ3n) is 4.77. The minimum absolute atomic E-state index is 0. The molecule has 1 unspecified atom stereocenters. The molecule has 1 amide bonds. The summed E-state index contributed by atoms with van der Waals surface area (Å²) in [5.41, 5.74) is 5.53. The molecule has 2 rings (SSSR count). The first-order valence-electron chi connectivity index (χ1n) is 7.95. The van der Waals surface area contributed by atoms with Crippen LogP contribution in [0, 0.1) is 5.92 Å². The molecule has 0 bridgehead atoms. The smallest absolute Gasteiger partial charge is 0.224 e. The second kappa shape index (κ2) is 10.7. The Bertz CT molecular complexity index is 291. The van der Waals surface area contributed by atoms with Gasteiger partial charge in [0.25, 0.3) is 0 Å². The Morgan fingerprint density at radius 2 is 1.71 bits per heavy atom. The Labute approximate surface area is 141 Å². The number of amides is 1. The molecular weight excluding hydrogens is 309 g/mol. The number of nitrogens with two attached hydrogens (primary N) is 1. The average molecular weight is 340 g/mol. The van der Waals surface area contributed by atoms with Crippen LogP contribution in [0.4, 0.5) is 0 Å². The van der Waals surface area contributed by atoms with E-state index in [4.69, 9.17) is 5.73 Å². The van der Waals surface area contributed by atoms with Crippen molar-refractivity contribution in [2.45, 2.75) is 64.0 Å². The lowest BCUT2D eigenvalue weighted by molar-refractivity contribution is -0.125. The van der Waals surface area contributed by atoms with Gasteiger partial charge < -0.3 is 16.0 Å². The van der Waals surface area contributed by atoms with E-state index >= 15 is 0 Å². The maximum absolute atomic E-state index is 11.8. The number of rotatable bonds is 4. The van der Waals surface area contributed by atoms with E-state index in [9.17, 15) is 4.79 Å². The van der Waals surface area contributed by atoms with Gasteiger partial charge in [-0.15, -0.1) is 24.8 Å². The zero-order chi connectivity index (χ0) is 13.7. The first-order chi connectivity index (χ1) is 9.20. The highest BCUT2D eigenvalue weighted by Crippen LogP contribution is 2.25. The number of carbonyl (C=O) groups is 1. The highest BCUT2D eigenvalue weighted by molar-refractivity contribution is 5.85. The third kappa shape index (κ3) is 6.31. The van der Waals surface area contributed by atoms with Crippen LogP contribution >= 0.6 is 24.8 Å². The van der Waals surface area contributed by atoms with Crippen LogP contribution < -0.4 is 11.1 Å². The molecule has 126 valence electrons. The molecule has 0 aromatic rings. The molecule has 1 atom stereocenters. The summed E-state index contributed by atoms with van der Waals surface area (Å²) in [6.45, 7) is 4.62. The lowest BCUT2D eigenvalue weighted by Crippen LogP contribution is -2.49. The molecule has 1 aliphatic carbocycles. The van der Waals surface area contributed by atoms with Gasteiger partial charge in [0.15, 0.2) is 0 Å². The number of hydrogen-bond donors (Lipinski definition) is 2. The number of nitrogens with zero attached hydrogens (tertiary/aromatic N) is 1. The number of piperidine rings is 1. The van der Waals surface area contributed by atoms with Gasteiger partial charge in [-0.2, -0.15) is 0 Å². The van der Waals surface area contributed by atoms with Crippen LogP contribution in [0.25, 0.3) is 0 Å². The summed E-state index contributed by atoms with van der Waals surface area (Å²) in [7, 11) is 0. The third-order valence-corrected chi connectivity index (χ3v) is 4.77. The normalized spacial score (nSPS) is 22.8. The van der Waals surface area contributed by atoms with Gasteiger partial charge in [0.2, 0.25) is 5.91 Å². The van der Waals surface area contributed by atoms with Gasteiger partial charge in [-0.3, -0.25) is 4.79 Å². The van der Waals surface area contributed by atoms with Crippen LogP contribution in [0.15, 0.2) is 0 Å². The van der Waals surface area contributed by atoms with Crippen molar-refractivity contribution in [3.63, 3.8) is 0 Å². The van der Waals surface area contributed by atoms with E-state index in [1.54, 1.807) is 0 Å². The summed E-state index contributed by atoms with van der Waals surface area (Å²) in [6, 6.07) is 1.18. The quantitative estimate of drug-likeness (QED) is 0.826. The van der Waals surface area contributed by atoms with Crippen molar-refractivity contribution in [3.8, 4) is 0 Å². The minimum atomic E-state index is -0.0589. The van der Waals surface area contributed by atoms with Crippen molar-refractivity contribution < 1.29 is 4.79 Å². The fraction of sp³-hybridized carbons (Fsp3) is 0.933. The zero-order valence-corrected chi connectivity index (χ0v) is 14.7. The predicted octanol–water partition coefficient (Wildman–Crippen LogP) is 2.34. The molecule has 1 heterocycles. The Morgan fingerprint density at radius 1 is 1.14 bits per heavy atom. The molecule has 21 heavy (non-hydrogen) atoms. The molecule has 6 heteroatoms. The second-order valence-corrected chi connectivity index (χ2v) is 6.25. The fourth-order valence-electron chi connectivity index (χ4n) is 3.31. The van der Waals surface area contributed by atoms with Crippen molar-refractivity contribution in [3.05, 3.63) is 0 Å². The van der Waals surface area contributed by atoms with Crippen molar-refractivity contribution in [1.29, 1.82) is 0 Å². The lowest BCUT2D eigenvalue weighted by Gasteiger charge is -2.39. The van der Waals surface area contributed by atoms with Crippen LogP contribution in [-0.2, 0) is 4.79 Å². The lowest BCUT2D eigenvalue weighted by atomic mass is 9.92. The second-order valence-electron chi connectivity index (χ2n) is 6.25. The number of carbonyl (C=O) groups excluding carboxylic acids is 1. The highest BCUT2D eigenvalue weighted by Gasteiger charge is 2.27. The summed E-state index contributed by atoms with van der Waals surface area (Å²) >= 11 is 0. The summed E-state index contributed by atoms with van der Waals surface area (Å²) < 4.78 is 0. The zero-order valence-electron chi connectivity index (χ0n) is 13.1. The molecule has 2 fully saturated rings. The molecule has 0 aromatic carbocycles. The number of likely N-dealkylation sites (tertiary alicyclic amines) is 1. The molecule has 1 aliphatic heterocycles. The molecule has 2 aliphatic rings. The molecule has 0 aromatic heterocycles. The molecule has 3 N–H and O–H groups in total. The monoisotopic (exact) mass is 339 g/mol. The number of nitrogens with one attached hydrogen (secondary N) is 1. The maximum Gasteiger partial charge on any atom is 0.224 e. The van der Waals surface area contributed by atoms with Gasteiger partial charge in [-0.25, -0.2) is 0 Å². The van der Waals surface area contributed by atoms with Crippen molar-refractivity contribution in [1.82, 2.24) is 10.2 Å². The first kappa shape index (κ1) is 21.0. The van der Waals surface area contributed by atoms with Crippen LogP contribution in [-0.4, -0.2) is 42.5 Å². The molecule has 0 spiro atoms. The minimum Gasteiger partial charge on any atom is -0.353 e. The Hall–Kier alpha value is -0.0300. The van der Waals surface area contributed by atoms with E-state index in [0.717, 1.165) is 32.0 Å². The first-order valence-corrected chi connectivity index (χ1v) is 7.95. The van der Waals surface area contributed by atoms with Crippen LogP contribution in [0.1, 0.15) is 51.9 Å². The van der Waals surface area contributed by atoms with Crippen LogP contribution in [0.3, 0.4) is 0 Å². The Kier molecular flexibility index (Phi) is 10.6. The van der Waals surface area contributed by atoms with Gasteiger partial charge >= 0.3 is 0 Å². The van der Waals surface area contributed by atoms with Gasteiger partial charge in [0.1, 0.15) is 0 Å². The molecule has 0 radical (unpaired) electrons. The van der Waals surface area contributed by atoms with Gasteiger partial charge in [-0.1, -0.05) is 26.2 Å². The number of hydrogen-bond acceptors (Lipinski definition) is 3. The van der Waals surface area contributed by atoms with E-state index in [2.05, 4.69) is 10.2 Å². The van der Waals surface area contributed by atoms with E-state index in [0.29, 0.717) is 12.6 Å². The predicted molar refractivity (Wildman–Crippen MR) is 92.3 cm³/mol. The molecular formula is C15H31Cl2N3O. The van der Waals surface area contributed by atoms with Crippen molar-refractivity contribution >= 4 is 30.7 Å². The van der Waals surface area contributed by atoms with Crippen LogP contribution in [0.5, 0.6) is 0 Å². The SMILES string of the molecule is CC(CN)C(=O)NC1CCN(C2CCCCC2)CC1.Cl.Cl. The van der Waals surface area contributed by atoms with Gasteiger partial charge in [0, 0.05) is 37.6 Å². The highest BCUT2D eigenvalue weighted by atomic mass is 35.5. The van der Waals surface area contributed by atoms with E-state index < -0.39 is 0 Å². The summed E-state index contributed by atoms with van der Waals surface area (Å²) in [6.07, 6.45) is 9.16. The summed E-state index contributed by atoms with van der Waals surface area (Å²) in [4.78, 5) is 14.5. The Balaban J connectivity index is 0.00000200. The Morgan fingerprint density at radius 3 is 2.24 bits per heavy atom. The largest absolute Gasteiger partial charge is 0.353 e. The van der Waals surface area contributed by atoms with Crippen molar-refractivity contribution in [2.24, 2.45) is 11.7 Å².